The summed E-state index contributed by atoms with van der Waals surface area (Å²) in [4.78, 5) is 17.1. The second-order valence-corrected chi connectivity index (χ2v) is 7.38. The highest BCUT2D eigenvalue weighted by molar-refractivity contribution is 7.46. The van der Waals surface area contributed by atoms with Crippen LogP contribution in [0, 0.1) is 0 Å². The average molecular weight is 389 g/mol. The Balaban J connectivity index is 0.000000370. The van der Waals surface area contributed by atoms with Crippen LogP contribution in [0.5, 0.6) is 0 Å². The monoisotopic (exact) mass is 389 g/mol. The summed E-state index contributed by atoms with van der Waals surface area (Å²) in [5, 5.41) is 46.3. The van der Waals surface area contributed by atoms with E-state index in [1.54, 1.807) is 0 Å². The summed E-state index contributed by atoms with van der Waals surface area (Å²) in [5.41, 5.74) is 5.63. The Labute approximate surface area is 145 Å². The first-order valence-electron chi connectivity index (χ1n) is 8.05. The average Bonchev–Trinajstić information content (AvgIpc) is 2.55. The molecule has 0 aromatic carbocycles. The van der Waals surface area contributed by atoms with Crippen LogP contribution in [0.4, 0.5) is 0 Å². The van der Waals surface area contributed by atoms with E-state index >= 15 is 0 Å². The molecule has 2 aliphatic rings. The maximum atomic E-state index is 10.6. The first-order chi connectivity index (χ1) is 11.6. The number of hydrogen-bond acceptors (Lipinski definition) is 9. The molecule has 1 saturated carbocycles. The molecule has 25 heavy (non-hydrogen) atoms. The number of nitrogens with two attached hydrogens (primary N) is 1. The molecule has 0 bridgehead atoms. The van der Waals surface area contributed by atoms with Crippen molar-refractivity contribution in [3.8, 4) is 0 Å². The van der Waals surface area contributed by atoms with Gasteiger partial charge in [-0.15, -0.1) is 0 Å². The van der Waals surface area contributed by atoms with Crippen LogP contribution in [-0.4, -0.2) is 84.8 Å². The summed E-state index contributed by atoms with van der Waals surface area (Å²) in [6.07, 6.45) is -4.00. The standard InChI is InChI=1S/C7H15O10P.C6H13N/c8-1-2(9)6-4(11)3(10)5(12)7(16-6)17-18(13,14)15;7-6-4-2-1-3-5-6/h2-12H,1H2,(H2,13,14,15);6H,1-5,7H2/t2-,3?,4?,5?,6?,7?;/m1./s1. The van der Waals surface area contributed by atoms with E-state index in [4.69, 9.17) is 25.4 Å². The molecule has 0 aromatic heterocycles. The molecule has 150 valence electrons. The van der Waals surface area contributed by atoms with Crippen molar-refractivity contribution in [3.63, 3.8) is 0 Å². The molecule has 0 aromatic rings. The minimum absolute atomic E-state index is 0.536. The van der Waals surface area contributed by atoms with Crippen molar-refractivity contribution >= 4 is 7.82 Å². The van der Waals surface area contributed by atoms with Crippen molar-refractivity contribution in [2.75, 3.05) is 6.61 Å². The quantitative estimate of drug-likeness (QED) is 0.237. The van der Waals surface area contributed by atoms with Crippen molar-refractivity contribution in [2.45, 2.75) is 75.0 Å². The van der Waals surface area contributed by atoms with Crippen molar-refractivity contribution in [3.05, 3.63) is 0 Å². The number of ether oxygens (including phenoxy) is 1. The highest BCUT2D eigenvalue weighted by Crippen LogP contribution is 2.40. The lowest BCUT2D eigenvalue weighted by Gasteiger charge is -2.41. The van der Waals surface area contributed by atoms with Gasteiger partial charge in [0, 0.05) is 6.04 Å². The van der Waals surface area contributed by atoms with Crippen molar-refractivity contribution in [1.82, 2.24) is 0 Å². The zero-order valence-electron chi connectivity index (χ0n) is 13.7. The van der Waals surface area contributed by atoms with Gasteiger partial charge in [-0.2, -0.15) is 0 Å². The number of aliphatic hydroxyl groups excluding tert-OH is 5. The third-order valence-electron chi connectivity index (χ3n) is 4.06. The van der Waals surface area contributed by atoms with Gasteiger partial charge in [0.25, 0.3) is 0 Å². The van der Waals surface area contributed by atoms with Gasteiger partial charge < -0.3 is 45.8 Å². The van der Waals surface area contributed by atoms with E-state index in [2.05, 4.69) is 4.52 Å². The Hall–Kier alpha value is -0.170. The van der Waals surface area contributed by atoms with Crippen LogP contribution in [0.1, 0.15) is 32.1 Å². The first-order valence-corrected chi connectivity index (χ1v) is 9.58. The number of hydrogen-bond donors (Lipinski definition) is 8. The fourth-order valence-corrected chi connectivity index (χ4v) is 3.10. The summed E-state index contributed by atoms with van der Waals surface area (Å²) in [6.45, 7) is -0.826. The molecule has 9 N–H and O–H groups in total. The SMILES string of the molecule is NC1CCCCC1.O=P(O)(O)OC1OC([C@H](O)CO)C(O)C(O)C1O. The predicted molar refractivity (Wildman–Crippen MR) is 84.0 cm³/mol. The van der Waals surface area contributed by atoms with Crippen molar-refractivity contribution in [2.24, 2.45) is 5.73 Å². The lowest BCUT2D eigenvalue weighted by molar-refractivity contribution is -0.293. The van der Waals surface area contributed by atoms with E-state index in [9.17, 15) is 25.0 Å². The fraction of sp³-hybridized carbons (Fsp3) is 1.00. The lowest BCUT2D eigenvalue weighted by atomic mass is 9.96. The molecule has 5 unspecified atom stereocenters. The van der Waals surface area contributed by atoms with Crippen LogP contribution in [0.25, 0.3) is 0 Å². The van der Waals surface area contributed by atoms with E-state index in [1.165, 1.54) is 32.1 Å². The van der Waals surface area contributed by atoms with Crippen LogP contribution in [-0.2, 0) is 13.8 Å². The van der Waals surface area contributed by atoms with E-state index < -0.39 is 51.2 Å². The molecule has 0 spiro atoms. The zero-order chi connectivity index (χ0) is 19.2. The van der Waals surface area contributed by atoms with Gasteiger partial charge in [-0.3, -0.25) is 4.52 Å². The summed E-state index contributed by atoms with van der Waals surface area (Å²) < 4.78 is 19.4. The molecule has 1 saturated heterocycles. The first kappa shape index (κ1) is 22.9. The van der Waals surface area contributed by atoms with Gasteiger partial charge in [0.1, 0.15) is 30.5 Å². The molecule has 2 fully saturated rings. The van der Waals surface area contributed by atoms with Gasteiger partial charge >= 0.3 is 7.82 Å². The third kappa shape index (κ3) is 7.53. The normalized spacial score (nSPS) is 35.6. The summed E-state index contributed by atoms with van der Waals surface area (Å²) in [5.74, 6) is 0. The number of phosphoric ester groups is 1. The van der Waals surface area contributed by atoms with Crippen molar-refractivity contribution < 1.29 is 49.1 Å². The number of phosphoric acid groups is 1. The van der Waals surface area contributed by atoms with Crippen LogP contribution in [0.3, 0.4) is 0 Å². The number of aliphatic hydroxyl groups is 5. The van der Waals surface area contributed by atoms with Gasteiger partial charge in [0.15, 0.2) is 6.29 Å². The molecule has 11 nitrogen and oxygen atoms in total. The Morgan fingerprint density at radius 1 is 1.08 bits per heavy atom. The van der Waals surface area contributed by atoms with Gasteiger partial charge in [-0.25, -0.2) is 4.57 Å². The maximum Gasteiger partial charge on any atom is 0.472 e. The molecule has 2 rings (SSSR count). The Morgan fingerprint density at radius 2 is 1.64 bits per heavy atom. The molecule has 6 atom stereocenters. The van der Waals surface area contributed by atoms with Gasteiger partial charge in [-0.05, 0) is 12.8 Å². The van der Waals surface area contributed by atoms with Crippen LogP contribution in [0.15, 0.2) is 0 Å². The van der Waals surface area contributed by atoms with E-state index in [0.29, 0.717) is 6.04 Å². The largest absolute Gasteiger partial charge is 0.472 e. The van der Waals surface area contributed by atoms with Gasteiger partial charge in [0.2, 0.25) is 0 Å². The van der Waals surface area contributed by atoms with E-state index in [0.717, 1.165) is 0 Å². The smallest absolute Gasteiger partial charge is 0.394 e. The minimum atomic E-state index is -5.00. The molecular formula is C13H28NO10P. The fourth-order valence-electron chi connectivity index (χ4n) is 2.65. The second-order valence-electron chi connectivity index (χ2n) is 6.18. The lowest BCUT2D eigenvalue weighted by Crippen LogP contribution is -2.61. The maximum absolute atomic E-state index is 10.6. The third-order valence-corrected chi connectivity index (χ3v) is 4.55. The minimum Gasteiger partial charge on any atom is -0.394 e. The van der Waals surface area contributed by atoms with E-state index in [1.807, 2.05) is 0 Å². The van der Waals surface area contributed by atoms with Crippen molar-refractivity contribution in [1.29, 1.82) is 0 Å². The highest BCUT2D eigenvalue weighted by atomic mass is 31.2. The summed E-state index contributed by atoms with van der Waals surface area (Å²) >= 11 is 0. The van der Waals surface area contributed by atoms with Gasteiger partial charge in [-0.1, -0.05) is 19.3 Å². The summed E-state index contributed by atoms with van der Waals surface area (Å²) in [7, 11) is -5.00. The second kappa shape index (κ2) is 10.2. The Bertz CT molecular complexity index is 429. The number of rotatable bonds is 4. The highest BCUT2D eigenvalue weighted by Gasteiger charge is 2.48. The van der Waals surface area contributed by atoms with E-state index in [-0.39, 0.29) is 0 Å². The molecule has 12 heteroatoms. The summed E-state index contributed by atoms with van der Waals surface area (Å²) in [6, 6.07) is 0.536. The molecule has 1 heterocycles. The topological polar surface area (TPSA) is 203 Å². The molecular weight excluding hydrogens is 361 g/mol. The van der Waals surface area contributed by atoms with Gasteiger partial charge in [0.05, 0.1) is 6.61 Å². The molecule has 0 radical (unpaired) electrons. The Morgan fingerprint density at radius 3 is 2.04 bits per heavy atom. The predicted octanol–water partition coefficient (Wildman–Crippen LogP) is -2.47. The van der Waals surface area contributed by atoms with Crippen LogP contribution >= 0.6 is 7.82 Å². The molecule has 0 amide bonds. The zero-order valence-corrected chi connectivity index (χ0v) is 14.6. The molecule has 1 aliphatic carbocycles. The van der Waals surface area contributed by atoms with Crippen LogP contribution in [0.2, 0.25) is 0 Å². The molecule has 1 aliphatic heterocycles. The van der Waals surface area contributed by atoms with Crippen LogP contribution < -0.4 is 5.73 Å². The Kier molecular flexibility index (Phi) is 9.37.